The molecule has 1 atom stereocenters. The van der Waals surface area contributed by atoms with Crippen molar-refractivity contribution in [2.45, 2.75) is 45.5 Å². The number of thioether (sulfide) groups is 1. The van der Waals surface area contributed by atoms with E-state index in [1.165, 1.54) is 0 Å². The van der Waals surface area contributed by atoms with Crippen molar-refractivity contribution in [2.24, 2.45) is 0 Å². The van der Waals surface area contributed by atoms with Crippen LogP contribution >= 0.6 is 11.8 Å². The molecule has 1 rings (SSSR count). The van der Waals surface area contributed by atoms with Crippen molar-refractivity contribution >= 4 is 17.7 Å². The van der Waals surface area contributed by atoms with E-state index in [0.717, 1.165) is 18.7 Å². The predicted octanol–water partition coefficient (Wildman–Crippen LogP) is 3.13. The fraction of sp³-hybridized carbons (Fsp3) is 0.692. The summed E-state index contributed by atoms with van der Waals surface area (Å²) in [5, 5.41) is 3.90. The van der Waals surface area contributed by atoms with E-state index in [0.29, 0.717) is 17.1 Å². The van der Waals surface area contributed by atoms with Gasteiger partial charge >= 0.3 is 0 Å². The molecule has 0 fully saturated rings. The van der Waals surface area contributed by atoms with Gasteiger partial charge in [0.15, 0.2) is 0 Å². The summed E-state index contributed by atoms with van der Waals surface area (Å²) in [7, 11) is 0. The predicted molar refractivity (Wildman–Crippen MR) is 78.6 cm³/mol. The Balaban J connectivity index is 2.57. The van der Waals surface area contributed by atoms with Gasteiger partial charge < -0.3 is 10.1 Å². The summed E-state index contributed by atoms with van der Waals surface area (Å²) in [6.45, 7) is 9.03. The minimum atomic E-state index is 0.128. The molecule has 0 spiro atoms. The molecule has 1 heterocycles. The number of nitrogens with one attached hydrogen (secondary N) is 1. The first kappa shape index (κ1) is 15.1. The average molecular weight is 269 g/mol. The Kier molecular flexibility index (Phi) is 6.25. The molecule has 102 valence electrons. The minimum absolute atomic E-state index is 0.128. The maximum absolute atomic E-state index is 5.59. The number of aromatic nitrogens is 2. The Morgan fingerprint density at radius 3 is 2.67 bits per heavy atom. The lowest BCUT2D eigenvalue weighted by Crippen LogP contribution is -2.12. The molecule has 0 aliphatic carbocycles. The van der Waals surface area contributed by atoms with Crippen LogP contribution in [0, 0.1) is 6.92 Å². The normalized spacial score (nSPS) is 12.6. The molecule has 0 saturated carbocycles. The van der Waals surface area contributed by atoms with Crippen molar-refractivity contribution in [2.75, 3.05) is 18.1 Å². The van der Waals surface area contributed by atoms with Gasteiger partial charge in [-0.1, -0.05) is 6.92 Å². The summed E-state index contributed by atoms with van der Waals surface area (Å²) in [5.74, 6) is 1.29. The summed E-state index contributed by atoms with van der Waals surface area (Å²) >= 11 is 1.87. The van der Waals surface area contributed by atoms with Crippen molar-refractivity contribution in [3.05, 3.63) is 11.8 Å². The second-order valence-electron chi connectivity index (χ2n) is 4.60. The van der Waals surface area contributed by atoms with Crippen molar-refractivity contribution in [1.82, 2.24) is 9.97 Å². The standard InChI is InChI=1S/C13H23N3OS/c1-9(2)17-12-8-10(3)15-13(16-12)14-7-6-11(4)18-5/h8-9,11H,6-7H2,1-5H3,(H,14,15,16). The first-order chi connectivity index (χ1) is 8.51. The van der Waals surface area contributed by atoms with E-state index < -0.39 is 0 Å². The van der Waals surface area contributed by atoms with Crippen molar-refractivity contribution in [3.8, 4) is 5.88 Å². The second-order valence-corrected chi connectivity index (χ2v) is 5.88. The van der Waals surface area contributed by atoms with E-state index in [1.54, 1.807) is 0 Å². The highest BCUT2D eigenvalue weighted by Gasteiger charge is 2.05. The Labute approximate surface area is 114 Å². The van der Waals surface area contributed by atoms with Crippen LogP contribution in [-0.2, 0) is 0 Å². The largest absolute Gasteiger partial charge is 0.475 e. The molecule has 0 aliphatic heterocycles. The van der Waals surface area contributed by atoms with Crippen LogP contribution in [0.15, 0.2) is 6.07 Å². The van der Waals surface area contributed by atoms with Crippen LogP contribution in [0.1, 0.15) is 32.9 Å². The Bertz CT molecular complexity index is 371. The first-order valence-electron chi connectivity index (χ1n) is 6.30. The molecule has 0 amide bonds. The van der Waals surface area contributed by atoms with Gasteiger partial charge in [-0.3, -0.25) is 0 Å². The number of rotatable bonds is 7. The third-order valence-corrected chi connectivity index (χ3v) is 3.46. The van der Waals surface area contributed by atoms with Crippen LogP contribution in [-0.4, -0.2) is 34.1 Å². The zero-order valence-corrected chi connectivity index (χ0v) is 12.7. The molecule has 0 radical (unpaired) electrons. The highest BCUT2D eigenvalue weighted by atomic mass is 32.2. The van der Waals surface area contributed by atoms with Crippen LogP contribution in [0.3, 0.4) is 0 Å². The topological polar surface area (TPSA) is 47.0 Å². The molecule has 1 aromatic rings. The lowest BCUT2D eigenvalue weighted by Gasteiger charge is -2.12. The maximum Gasteiger partial charge on any atom is 0.226 e. The molecule has 1 N–H and O–H groups in total. The number of hydrogen-bond donors (Lipinski definition) is 1. The number of ether oxygens (including phenoxy) is 1. The van der Waals surface area contributed by atoms with Crippen LogP contribution in [0.5, 0.6) is 5.88 Å². The lowest BCUT2D eigenvalue weighted by atomic mass is 10.3. The van der Waals surface area contributed by atoms with Crippen LogP contribution in [0.2, 0.25) is 0 Å². The molecule has 0 saturated heterocycles. The van der Waals surface area contributed by atoms with Gasteiger partial charge in [-0.15, -0.1) is 0 Å². The van der Waals surface area contributed by atoms with E-state index in [9.17, 15) is 0 Å². The van der Waals surface area contributed by atoms with Gasteiger partial charge in [0.1, 0.15) is 0 Å². The van der Waals surface area contributed by atoms with Gasteiger partial charge in [0.05, 0.1) is 6.10 Å². The highest BCUT2D eigenvalue weighted by Crippen LogP contribution is 2.14. The monoisotopic (exact) mass is 269 g/mol. The van der Waals surface area contributed by atoms with Crippen LogP contribution in [0.4, 0.5) is 5.95 Å². The molecule has 4 nitrogen and oxygen atoms in total. The Hall–Kier alpha value is -0.970. The van der Waals surface area contributed by atoms with Crippen molar-refractivity contribution < 1.29 is 4.74 Å². The summed E-state index contributed by atoms with van der Waals surface area (Å²) in [5.41, 5.74) is 0.918. The third-order valence-electron chi connectivity index (χ3n) is 2.42. The Morgan fingerprint density at radius 2 is 2.06 bits per heavy atom. The van der Waals surface area contributed by atoms with E-state index >= 15 is 0 Å². The molecular weight excluding hydrogens is 246 g/mol. The third kappa shape index (κ3) is 5.58. The quantitative estimate of drug-likeness (QED) is 0.824. The van der Waals surface area contributed by atoms with Gasteiger partial charge in [0.2, 0.25) is 11.8 Å². The Morgan fingerprint density at radius 1 is 1.33 bits per heavy atom. The van der Waals surface area contributed by atoms with Gasteiger partial charge in [-0.05, 0) is 33.4 Å². The van der Waals surface area contributed by atoms with Gasteiger partial charge in [0.25, 0.3) is 0 Å². The minimum Gasteiger partial charge on any atom is -0.475 e. The molecule has 1 unspecified atom stereocenters. The fourth-order valence-electron chi connectivity index (χ4n) is 1.43. The lowest BCUT2D eigenvalue weighted by molar-refractivity contribution is 0.232. The van der Waals surface area contributed by atoms with Crippen molar-refractivity contribution in [3.63, 3.8) is 0 Å². The molecule has 0 bridgehead atoms. The SMILES string of the molecule is CSC(C)CCNc1nc(C)cc(OC(C)C)n1. The van der Waals surface area contributed by atoms with E-state index in [1.807, 2.05) is 38.6 Å². The number of aryl methyl sites for hydroxylation is 1. The molecular formula is C13H23N3OS. The summed E-state index contributed by atoms with van der Waals surface area (Å²) < 4.78 is 5.59. The van der Waals surface area contributed by atoms with Gasteiger partial charge in [-0.25, -0.2) is 4.98 Å². The summed E-state index contributed by atoms with van der Waals surface area (Å²) in [6.07, 6.45) is 3.35. The zero-order chi connectivity index (χ0) is 13.5. The zero-order valence-electron chi connectivity index (χ0n) is 11.9. The molecule has 0 aliphatic rings. The number of hydrogen-bond acceptors (Lipinski definition) is 5. The van der Waals surface area contributed by atoms with E-state index in [2.05, 4.69) is 28.5 Å². The van der Waals surface area contributed by atoms with Gasteiger partial charge in [0, 0.05) is 23.6 Å². The van der Waals surface area contributed by atoms with E-state index in [-0.39, 0.29) is 6.10 Å². The van der Waals surface area contributed by atoms with Crippen LogP contribution < -0.4 is 10.1 Å². The van der Waals surface area contributed by atoms with Crippen LogP contribution in [0.25, 0.3) is 0 Å². The van der Waals surface area contributed by atoms with Gasteiger partial charge in [-0.2, -0.15) is 16.7 Å². The molecule has 1 aromatic heterocycles. The average Bonchev–Trinajstić information content (AvgIpc) is 2.27. The first-order valence-corrected chi connectivity index (χ1v) is 7.59. The highest BCUT2D eigenvalue weighted by molar-refractivity contribution is 7.99. The van der Waals surface area contributed by atoms with E-state index in [4.69, 9.17) is 4.74 Å². The molecule has 0 aromatic carbocycles. The molecule has 5 heteroatoms. The fourth-order valence-corrected chi connectivity index (χ4v) is 1.78. The van der Waals surface area contributed by atoms with Crippen molar-refractivity contribution in [1.29, 1.82) is 0 Å². The summed E-state index contributed by atoms with van der Waals surface area (Å²) in [6, 6.07) is 1.86. The summed E-state index contributed by atoms with van der Waals surface area (Å²) in [4.78, 5) is 8.70. The molecule has 18 heavy (non-hydrogen) atoms. The smallest absolute Gasteiger partial charge is 0.226 e. The maximum atomic E-state index is 5.59. The number of nitrogens with zero attached hydrogens (tertiary/aromatic N) is 2. The second kappa shape index (κ2) is 7.46. The number of anilines is 1.